The third-order valence-corrected chi connectivity index (χ3v) is 4.57. The van der Waals surface area contributed by atoms with Crippen LogP contribution in [0.1, 0.15) is 87.6 Å². The molecule has 1 heteroatoms. The summed E-state index contributed by atoms with van der Waals surface area (Å²) in [4.78, 5) is 0. The summed E-state index contributed by atoms with van der Waals surface area (Å²) in [5, 5.41) is 0. The molecule has 1 aliphatic carbocycles. The average molecular weight is 259 g/mol. The van der Waals surface area contributed by atoms with Crippen LogP contribution in [0.5, 0.6) is 0 Å². The van der Waals surface area contributed by atoms with Gasteiger partial charge in [-0.3, -0.25) is 0 Å². The first-order chi connectivity index (χ1) is 8.90. The van der Waals surface area contributed by atoms with E-state index in [0.29, 0.717) is 11.8 Å². The minimum Gasteiger partial charge on any atom is -0.324 e. The van der Waals surface area contributed by atoms with Gasteiger partial charge in [0, 0.05) is 6.04 Å². The second-order valence-corrected chi connectivity index (χ2v) is 6.97. The molecule has 0 saturated carbocycles. The van der Waals surface area contributed by atoms with Crippen molar-refractivity contribution in [1.82, 2.24) is 0 Å². The van der Waals surface area contributed by atoms with Crippen molar-refractivity contribution in [3.63, 3.8) is 0 Å². The lowest BCUT2D eigenvalue weighted by Crippen LogP contribution is -2.14. The van der Waals surface area contributed by atoms with E-state index >= 15 is 0 Å². The van der Waals surface area contributed by atoms with E-state index in [4.69, 9.17) is 5.73 Å². The van der Waals surface area contributed by atoms with E-state index in [0.717, 1.165) is 12.3 Å². The van der Waals surface area contributed by atoms with Crippen molar-refractivity contribution in [1.29, 1.82) is 0 Å². The Morgan fingerprint density at radius 2 is 1.79 bits per heavy atom. The highest BCUT2D eigenvalue weighted by molar-refractivity contribution is 5.44. The van der Waals surface area contributed by atoms with Crippen LogP contribution < -0.4 is 5.73 Å². The molecule has 1 aliphatic rings. The summed E-state index contributed by atoms with van der Waals surface area (Å²) in [7, 11) is 0. The van der Waals surface area contributed by atoms with E-state index in [9.17, 15) is 0 Å². The number of benzene rings is 1. The first kappa shape index (κ1) is 14.6. The molecule has 0 aromatic heterocycles. The van der Waals surface area contributed by atoms with Gasteiger partial charge in [-0.25, -0.2) is 0 Å². The van der Waals surface area contributed by atoms with Gasteiger partial charge in [-0.1, -0.05) is 46.8 Å². The summed E-state index contributed by atoms with van der Waals surface area (Å²) in [5.41, 5.74) is 12.4. The molecular formula is C18H29N. The largest absolute Gasteiger partial charge is 0.324 e. The van der Waals surface area contributed by atoms with Crippen LogP contribution >= 0.6 is 0 Å². The second-order valence-electron chi connectivity index (χ2n) is 6.97. The predicted octanol–water partition coefficient (Wildman–Crippen LogP) is 4.91. The zero-order valence-electron chi connectivity index (χ0n) is 13.2. The van der Waals surface area contributed by atoms with Crippen LogP contribution in [-0.4, -0.2) is 0 Å². The second kappa shape index (κ2) is 5.66. The lowest BCUT2D eigenvalue weighted by Gasteiger charge is -2.22. The maximum atomic E-state index is 6.47. The first-order valence-electron chi connectivity index (χ1n) is 7.82. The van der Waals surface area contributed by atoms with Crippen LogP contribution in [0.2, 0.25) is 0 Å². The van der Waals surface area contributed by atoms with Crippen LogP contribution in [0.25, 0.3) is 0 Å². The molecule has 0 heterocycles. The molecule has 0 fully saturated rings. The van der Waals surface area contributed by atoms with Gasteiger partial charge in [-0.05, 0) is 59.3 Å². The quantitative estimate of drug-likeness (QED) is 0.751. The fourth-order valence-electron chi connectivity index (χ4n) is 3.28. The van der Waals surface area contributed by atoms with Gasteiger partial charge in [0.15, 0.2) is 0 Å². The Labute approximate surface area is 118 Å². The van der Waals surface area contributed by atoms with Crippen molar-refractivity contribution >= 4 is 0 Å². The Kier molecular flexibility index (Phi) is 4.35. The Balaban J connectivity index is 2.57. The van der Waals surface area contributed by atoms with Crippen LogP contribution in [0.4, 0.5) is 0 Å². The molecule has 2 unspecified atom stereocenters. The van der Waals surface area contributed by atoms with Crippen LogP contribution in [0.15, 0.2) is 12.1 Å². The molecule has 0 bridgehead atoms. The normalized spacial score (nSPS) is 23.6. The van der Waals surface area contributed by atoms with Crippen LogP contribution in [0.3, 0.4) is 0 Å². The Morgan fingerprint density at radius 3 is 2.37 bits per heavy atom. The highest BCUT2D eigenvalue weighted by Gasteiger charge is 2.23. The summed E-state index contributed by atoms with van der Waals surface area (Å²) in [6.07, 6.45) is 3.61. The van der Waals surface area contributed by atoms with Gasteiger partial charge < -0.3 is 5.73 Å². The first-order valence-corrected chi connectivity index (χ1v) is 7.82. The van der Waals surface area contributed by atoms with Gasteiger partial charge in [0.25, 0.3) is 0 Å². The maximum Gasteiger partial charge on any atom is 0.0300 e. The summed E-state index contributed by atoms with van der Waals surface area (Å²) < 4.78 is 0. The molecule has 1 aromatic carbocycles. The van der Waals surface area contributed by atoms with Crippen molar-refractivity contribution in [3.8, 4) is 0 Å². The van der Waals surface area contributed by atoms with Crippen LogP contribution in [0, 0.1) is 5.92 Å². The van der Waals surface area contributed by atoms with E-state index in [-0.39, 0.29) is 6.04 Å². The van der Waals surface area contributed by atoms with Crippen molar-refractivity contribution < 1.29 is 0 Å². The molecule has 2 atom stereocenters. The van der Waals surface area contributed by atoms with Gasteiger partial charge in [0.05, 0.1) is 0 Å². The van der Waals surface area contributed by atoms with E-state index in [1.54, 1.807) is 5.56 Å². The molecule has 0 saturated heterocycles. The third-order valence-electron chi connectivity index (χ3n) is 4.57. The number of fused-ring (bicyclic) bond motifs is 1. The van der Waals surface area contributed by atoms with Crippen LogP contribution in [-0.2, 0) is 6.42 Å². The van der Waals surface area contributed by atoms with E-state index in [1.165, 1.54) is 29.5 Å². The van der Waals surface area contributed by atoms with Crippen molar-refractivity contribution in [2.45, 2.75) is 71.8 Å². The van der Waals surface area contributed by atoms with E-state index in [1.807, 2.05) is 0 Å². The molecular weight excluding hydrogens is 230 g/mol. The standard InChI is InChI=1S/C18H29N/c1-11(2)14-9-16(12(3)4)15-7-6-13(5)8-18(19)17(15)10-14/h9-13,18H,6-8,19H2,1-5H3. The molecule has 2 N–H and O–H groups in total. The fourth-order valence-corrected chi connectivity index (χ4v) is 3.28. The lowest BCUT2D eigenvalue weighted by atomic mass is 9.85. The highest BCUT2D eigenvalue weighted by atomic mass is 14.6. The molecule has 19 heavy (non-hydrogen) atoms. The minimum atomic E-state index is 0.226. The van der Waals surface area contributed by atoms with Gasteiger partial charge in [-0.2, -0.15) is 0 Å². The maximum absolute atomic E-state index is 6.47. The smallest absolute Gasteiger partial charge is 0.0300 e. The molecule has 1 aromatic rings. The summed E-state index contributed by atoms with van der Waals surface area (Å²) in [6.45, 7) is 11.5. The predicted molar refractivity (Wildman–Crippen MR) is 83.7 cm³/mol. The summed E-state index contributed by atoms with van der Waals surface area (Å²) in [6, 6.07) is 5.04. The molecule has 0 spiro atoms. The van der Waals surface area contributed by atoms with Gasteiger partial charge in [0.2, 0.25) is 0 Å². The molecule has 2 rings (SSSR count). The average Bonchev–Trinajstić information content (AvgIpc) is 2.47. The Bertz CT molecular complexity index is 445. The molecule has 0 amide bonds. The third kappa shape index (κ3) is 3.02. The highest BCUT2D eigenvalue weighted by Crippen LogP contribution is 2.36. The number of nitrogens with two attached hydrogens (primary N) is 1. The van der Waals surface area contributed by atoms with Crippen molar-refractivity contribution in [2.24, 2.45) is 11.7 Å². The topological polar surface area (TPSA) is 26.0 Å². The Morgan fingerprint density at radius 1 is 1.11 bits per heavy atom. The summed E-state index contributed by atoms with van der Waals surface area (Å²) in [5.74, 6) is 1.91. The van der Waals surface area contributed by atoms with E-state index < -0.39 is 0 Å². The zero-order chi connectivity index (χ0) is 14.2. The number of hydrogen-bond acceptors (Lipinski definition) is 1. The molecule has 106 valence electrons. The fraction of sp³-hybridized carbons (Fsp3) is 0.667. The SMILES string of the molecule is CC1CCc2c(C(C)C)cc(C(C)C)cc2C(N)C1. The Hall–Kier alpha value is -0.820. The van der Waals surface area contributed by atoms with E-state index in [2.05, 4.69) is 46.8 Å². The van der Waals surface area contributed by atoms with Gasteiger partial charge in [0.1, 0.15) is 0 Å². The molecule has 0 aliphatic heterocycles. The zero-order valence-corrected chi connectivity index (χ0v) is 13.2. The minimum absolute atomic E-state index is 0.226. The van der Waals surface area contributed by atoms with Crippen molar-refractivity contribution in [3.05, 3.63) is 34.4 Å². The lowest BCUT2D eigenvalue weighted by molar-refractivity contribution is 0.464. The molecule has 0 radical (unpaired) electrons. The number of rotatable bonds is 2. The number of hydrogen-bond donors (Lipinski definition) is 1. The monoisotopic (exact) mass is 259 g/mol. The molecule has 1 nitrogen and oxygen atoms in total. The van der Waals surface area contributed by atoms with Gasteiger partial charge in [-0.15, -0.1) is 0 Å². The van der Waals surface area contributed by atoms with Crippen molar-refractivity contribution in [2.75, 3.05) is 0 Å². The summed E-state index contributed by atoms with van der Waals surface area (Å²) >= 11 is 0. The van der Waals surface area contributed by atoms with Gasteiger partial charge >= 0.3 is 0 Å².